The summed E-state index contributed by atoms with van der Waals surface area (Å²) in [7, 11) is 0. The molecule has 3 rings (SSSR count). The van der Waals surface area contributed by atoms with E-state index in [4.69, 9.17) is 0 Å². The molecule has 32 heavy (non-hydrogen) atoms. The van der Waals surface area contributed by atoms with Gasteiger partial charge in [0.2, 0.25) is 11.8 Å². The quantitative estimate of drug-likeness (QED) is 0.469. The number of para-hydroxylation sites is 1. The Kier molecular flexibility index (Phi) is 7.42. The number of benzene rings is 2. The largest absolute Gasteiger partial charge is 0.325 e. The summed E-state index contributed by atoms with van der Waals surface area (Å²) >= 11 is 1.11. The lowest BCUT2D eigenvalue weighted by molar-refractivity contribution is -0.116. The Hall–Kier alpha value is -3.46. The summed E-state index contributed by atoms with van der Waals surface area (Å²) < 4.78 is 0. The molecular formula is C23H25N5O3S. The highest BCUT2D eigenvalue weighted by Gasteiger charge is 2.19. The number of hydrogen-bond acceptors (Lipinski definition) is 6. The number of carbonyl (C=O) groups is 2. The molecule has 1 heterocycles. The molecule has 0 fully saturated rings. The molecule has 9 heteroatoms. The highest BCUT2D eigenvalue weighted by Crippen LogP contribution is 2.25. The van der Waals surface area contributed by atoms with Gasteiger partial charge in [0, 0.05) is 17.7 Å². The lowest BCUT2D eigenvalue weighted by Crippen LogP contribution is -2.24. The topological polar surface area (TPSA) is 117 Å². The van der Waals surface area contributed by atoms with Gasteiger partial charge < -0.3 is 10.6 Å². The fourth-order valence-electron chi connectivity index (χ4n) is 2.91. The van der Waals surface area contributed by atoms with Gasteiger partial charge in [-0.2, -0.15) is 0 Å². The number of anilines is 2. The first kappa shape index (κ1) is 23.2. The Morgan fingerprint density at radius 3 is 2.53 bits per heavy atom. The predicted molar refractivity (Wildman–Crippen MR) is 127 cm³/mol. The normalized spacial score (nSPS) is 11.6. The van der Waals surface area contributed by atoms with Crippen LogP contribution in [0.5, 0.6) is 0 Å². The molecule has 1 unspecified atom stereocenters. The molecule has 1 aromatic heterocycles. The maximum atomic E-state index is 12.7. The van der Waals surface area contributed by atoms with Gasteiger partial charge in [-0.25, -0.2) is 0 Å². The third-order valence-corrected chi connectivity index (χ3v) is 5.74. The van der Waals surface area contributed by atoms with Gasteiger partial charge in [0.1, 0.15) is 0 Å². The molecule has 3 N–H and O–H groups in total. The number of aromatic nitrogens is 3. The maximum absolute atomic E-state index is 12.7. The second-order valence-electron chi connectivity index (χ2n) is 7.32. The molecule has 1 atom stereocenters. The van der Waals surface area contributed by atoms with Crippen molar-refractivity contribution in [3.05, 3.63) is 63.9 Å². The number of aryl methyl sites for hydroxylation is 2. The van der Waals surface area contributed by atoms with Crippen molar-refractivity contribution in [3.8, 4) is 11.3 Å². The van der Waals surface area contributed by atoms with E-state index in [9.17, 15) is 14.4 Å². The predicted octanol–water partition coefficient (Wildman–Crippen LogP) is 3.92. The minimum Gasteiger partial charge on any atom is -0.325 e. The lowest BCUT2D eigenvalue weighted by atomic mass is 10.1. The average Bonchev–Trinajstić information content (AvgIpc) is 2.77. The van der Waals surface area contributed by atoms with Crippen LogP contribution in [-0.4, -0.2) is 32.2 Å². The number of carbonyl (C=O) groups excluding carboxylic acids is 2. The number of nitrogens with one attached hydrogen (secondary N) is 3. The number of amides is 2. The van der Waals surface area contributed by atoms with Gasteiger partial charge in [-0.3, -0.25) is 19.4 Å². The zero-order valence-electron chi connectivity index (χ0n) is 18.4. The molecule has 0 saturated heterocycles. The van der Waals surface area contributed by atoms with Crippen LogP contribution in [0, 0.1) is 13.8 Å². The molecule has 3 aromatic rings. The van der Waals surface area contributed by atoms with Gasteiger partial charge in [-0.15, -0.1) is 10.2 Å². The van der Waals surface area contributed by atoms with Crippen molar-refractivity contribution in [1.29, 1.82) is 0 Å². The summed E-state index contributed by atoms with van der Waals surface area (Å²) in [4.78, 5) is 39.8. The smallest absolute Gasteiger partial charge is 0.278 e. The van der Waals surface area contributed by atoms with Crippen LogP contribution in [0.3, 0.4) is 0 Å². The van der Waals surface area contributed by atoms with Crippen LogP contribution in [0.4, 0.5) is 11.4 Å². The monoisotopic (exact) mass is 451 g/mol. The Balaban J connectivity index is 1.76. The highest BCUT2D eigenvalue weighted by atomic mass is 32.2. The van der Waals surface area contributed by atoms with Crippen molar-refractivity contribution < 1.29 is 9.59 Å². The molecule has 0 radical (unpaired) electrons. The van der Waals surface area contributed by atoms with Gasteiger partial charge in [0.25, 0.3) is 5.56 Å². The molecule has 0 aliphatic rings. The molecule has 0 saturated carbocycles. The summed E-state index contributed by atoms with van der Waals surface area (Å²) in [6, 6.07) is 12.7. The van der Waals surface area contributed by atoms with Crippen LogP contribution in [0.25, 0.3) is 11.3 Å². The van der Waals surface area contributed by atoms with Gasteiger partial charge in [0.05, 0.1) is 10.9 Å². The zero-order chi connectivity index (χ0) is 23.3. The van der Waals surface area contributed by atoms with Gasteiger partial charge in [-0.1, -0.05) is 49.0 Å². The molecule has 0 bridgehead atoms. The number of aromatic amines is 1. The second kappa shape index (κ2) is 10.2. The molecule has 166 valence electrons. The number of rotatable bonds is 7. The van der Waals surface area contributed by atoms with E-state index in [-0.39, 0.29) is 22.7 Å². The highest BCUT2D eigenvalue weighted by molar-refractivity contribution is 8.00. The summed E-state index contributed by atoms with van der Waals surface area (Å²) in [5.41, 5.74) is 3.36. The third kappa shape index (κ3) is 5.61. The molecule has 8 nitrogen and oxygen atoms in total. The van der Waals surface area contributed by atoms with Crippen molar-refractivity contribution in [1.82, 2.24) is 15.2 Å². The first-order valence-corrected chi connectivity index (χ1v) is 11.1. The molecule has 2 aromatic carbocycles. The molecule has 2 amide bonds. The maximum Gasteiger partial charge on any atom is 0.278 e. The number of hydrogen-bond donors (Lipinski definition) is 3. The van der Waals surface area contributed by atoms with Crippen molar-refractivity contribution in [2.45, 2.75) is 44.5 Å². The van der Waals surface area contributed by atoms with E-state index in [0.717, 1.165) is 28.6 Å². The lowest BCUT2D eigenvalue weighted by Gasteiger charge is -2.13. The minimum atomic E-state index is -0.512. The Labute approximate surface area is 190 Å². The van der Waals surface area contributed by atoms with E-state index >= 15 is 0 Å². The Bertz CT molecular complexity index is 1210. The summed E-state index contributed by atoms with van der Waals surface area (Å²) in [6.07, 6.45) is 0.313. The van der Waals surface area contributed by atoms with Crippen molar-refractivity contribution in [3.63, 3.8) is 0 Å². The van der Waals surface area contributed by atoms with Crippen molar-refractivity contribution in [2.24, 2.45) is 0 Å². The second-order valence-corrected chi connectivity index (χ2v) is 8.65. The summed E-state index contributed by atoms with van der Waals surface area (Å²) in [5.74, 6) is -0.374. The fraction of sp³-hybridized carbons (Fsp3) is 0.261. The van der Waals surface area contributed by atoms with Crippen LogP contribution in [0.15, 0.2) is 52.4 Å². The number of H-pyrrole nitrogens is 1. The summed E-state index contributed by atoms with van der Waals surface area (Å²) in [5, 5.41) is 13.5. The van der Waals surface area contributed by atoms with E-state index in [2.05, 4.69) is 25.8 Å². The SMILES string of the molecule is CCC(=O)Nc1ccccc1-c1nnc(SC(C)C(=O)Nc2cc(C)ccc2C)[nH]c1=O. The third-order valence-electron chi connectivity index (χ3n) is 4.76. The zero-order valence-corrected chi connectivity index (χ0v) is 19.2. The van der Waals surface area contributed by atoms with Crippen molar-refractivity contribution in [2.75, 3.05) is 10.6 Å². The first-order chi connectivity index (χ1) is 15.3. The van der Waals surface area contributed by atoms with E-state index in [1.807, 2.05) is 32.0 Å². The minimum absolute atomic E-state index is 0.0915. The molecule has 0 aliphatic heterocycles. The molecule has 0 aliphatic carbocycles. The first-order valence-electron chi connectivity index (χ1n) is 10.2. The van der Waals surface area contributed by atoms with Crippen LogP contribution >= 0.6 is 11.8 Å². The van der Waals surface area contributed by atoms with Crippen LogP contribution in [-0.2, 0) is 9.59 Å². The molecule has 0 spiro atoms. The fourth-order valence-corrected chi connectivity index (χ4v) is 3.65. The number of thioether (sulfide) groups is 1. The van der Waals surface area contributed by atoms with Crippen LogP contribution < -0.4 is 16.2 Å². The van der Waals surface area contributed by atoms with Crippen LogP contribution in [0.2, 0.25) is 0 Å². The van der Waals surface area contributed by atoms with E-state index in [0.29, 0.717) is 17.7 Å². The average molecular weight is 452 g/mol. The molecular weight excluding hydrogens is 426 g/mol. The Morgan fingerprint density at radius 2 is 1.81 bits per heavy atom. The Morgan fingerprint density at radius 1 is 1.06 bits per heavy atom. The van der Waals surface area contributed by atoms with Gasteiger partial charge in [-0.05, 0) is 44.0 Å². The van der Waals surface area contributed by atoms with E-state index in [1.54, 1.807) is 38.1 Å². The van der Waals surface area contributed by atoms with Gasteiger partial charge in [0.15, 0.2) is 10.9 Å². The number of nitrogens with zero attached hydrogens (tertiary/aromatic N) is 2. The van der Waals surface area contributed by atoms with Crippen molar-refractivity contribution >= 4 is 35.0 Å². The van der Waals surface area contributed by atoms with Gasteiger partial charge >= 0.3 is 0 Å². The van der Waals surface area contributed by atoms with Crippen LogP contribution in [0.1, 0.15) is 31.4 Å². The van der Waals surface area contributed by atoms with E-state index < -0.39 is 10.8 Å². The standard InChI is InChI=1S/C23H25N5O3S/c1-5-19(29)24-17-9-7-6-8-16(17)20-22(31)26-23(28-27-20)32-15(4)21(30)25-18-12-13(2)10-11-14(18)3/h6-12,15H,5H2,1-4H3,(H,24,29)(H,25,30)(H,26,28,31). The van der Waals surface area contributed by atoms with E-state index in [1.165, 1.54) is 0 Å². The summed E-state index contributed by atoms with van der Waals surface area (Å²) in [6.45, 7) is 7.36.